The molecular formula is C17H20N4O3. The van der Waals surface area contributed by atoms with Crippen molar-refractivity contribution >= 4 is 11.8 Å². The Morgan fingerprint density at radius 1 is 1.25 bits per heavy atom. The quantitative estimate of drug-likeness (QED) is 0.905. The van der Waals surface area contributed by atoms with Gasteiger partial charge in [0.2, 0.25) is 0 Å². The van der Waals surface area contributed by atoms with Crippen LogP contribution < -0.4 is 5.32 Å². The Balaban J connectivity index is 1.64. The molecule has 0 spiro atoms. The maximum Gasteiger partial charge on any atom is 0.270 e. The number of carbonyl (C=O) groups excluding carboxylic acids is 2. The molecule has 3 heterocycles. The second-order valence-electron chi connectivity index (χ2n) is 5.79. The summed E-state index contributed by atoms with van der Waals surface area (Å²) < 4.78 is 5.17. The molecule has 7 nitrogen and oxygen atoms in total. The number of hydrogen-bond donors (Lipinski definition) is 1. The molecule has 0 atom stereocenters. The van der Waals surface area contributed by atoms with E-state index in [-0.39, 0.29) is 24.1 Å². The Kier molecular flexibility index (Phi) is 4.90. The summed E-state index contributed by atoms with van der Waals surface area (Å²) >= 11 is 0. The van der Waals surface area contributed by atoms with Crippen molar-refractivity contribution in [3.8, 4) is 0 Å². The molecule has 0 aromatic carbocycles. The summed E-state index contributed by atoms with van der Waals surface area (Å²) in [4.78, 5) is 32.8. The van der Waals surface area contributed by atoms with Crippen molar-refractivity contribution in [2.24, 2.45) is 0 Å². The van der Waals surface area contributed by atoms with E-state index in [0.29, 0.717) is 24.4 Å². The number of aromatic nitrogens is 1. The van der Waals surface area contributed by atoms with Crippen LogP contribution in [0.2, 0.25) is 0 Å². The Bertz CT molecular complexity index is 706. The third kappa shape index (κ3) is 3.80. The van der Waals surface area contributed by atoms with E-state index >= 15 is 0 Å². The summed E-state index contributed by atoms with van der Waals surface area (Å²) in [6.45, 7) is 3.38. The first-order chi connectivity index (χ1) is 11.6. The van der Waals surface area contributed by atoms with Gasteiger partial charge < -0.3 is 19.5 Å². The van der Waals surface area contributed by atoms with Gasteiger partial charge in [-0.05, 0) is 31.3 Å². The summed E-state index contributed by atoms with van der Waals surface area (Å²) in [5.41, 5.74) is 0.708. The standard InChI is InChI=1S/C17H20N4O3/c1-20-6-8-21(9-7-20)17(23)13-4-5-18-15(11-13)16(22)19-12-14-3-2-10-24-14/h2-5,10-11H,6-9,12H2,1H3,(H,19,22). The van der Waals surface area contributed by atoms with E-state index < -0.39 is 0 Å². The number of furan rings is 1. The molecule has 7 heteroatoms. The predicted octanol–water partition coefficient (Wildman–Crippen LogP) is 0.992. The van der Waals surface area contributed by atoms with Crippen LogP contribution in [0.25, 0.3) is 0 Å². The van der Waals surface area contributed by atoms with Crippen LogP contribution in [0.4, 0.5) is 0 Å². The molecule has 24 heavy (non-hydrogen) atoms. The summed E-state index contributed by atoms with van der Waals surface area (Å²) in [7, 11) is 2.04. The second-order valence-corrected chi connectivity index (χ2v) is 5.79. The zero-order valence-electron chi connectivity index (χ0n) is 13.6. The highest BCUT2D eigenvalue weighted by molar-refractivity contribution is 5.98. The van der Waals surface area contributed by atoms with Crippen molar-refractivity contribution in [2.45, 2.75) is 6.54 Å². The van der Waals surface area contributed by atoms with Gasteiger partial charge in [-0.15, -0.1) is 0 Å². The van der Waals surface area contributed by atoms with Gasteiger partial charge in [0, 0.05) is 37.9 Å². The lowest BCUT2D eigenvalue weighted by Gasteiger charge is -2.32. The Hall–Kier alpha value is -2.67. The number of likely N-dealkylation sites (N-methyl/N-ethyl adjacent to an activating group) is 1. The number of piperazine rings is 1. The topological polar surface area (TPSA) is 78.7 Å². The number of nitrogens with one attached hydrogen (secondary N) is 1. The molecule has 1 saturated heterocycles. The van der Waals surface area contributed by atoms with Crippen LogP contribution in [-0.2, 0) is 6.54 Å². The molecule has 3 rings (SSSR count). The van der Waals surface area contributed by atoms with Gasteiger partial charge in [0.1, 0.15) is 11.5 Å². The molecule has 0 unspecified atom stereocenters. The average molecular weight is 328 g/mol. The van der Waals surface area contributed by atoms with Crippen molar-refractivity contribution in [1.29, 1.82) is 0 Å². The lowest BCUT2D eigenvalue weighted by Crippen LogP contribution is -2.47. The summed E-state index contributed by atoms with van der Waals surface area (Å²) in [5.74, 6) is 0.262. The molecule has 2 amide bonds. The first kappa shape index (κ1) is 16.2. The minimum Gasteiger partial charge on any atom is -0.467 e. The van der Waals surface area contributed by atoms with Gasteiger partial charge in [-0.3, -0.25) is 14.6 Å². The van der Waals surface area contributed by atoms with Gasteiger partial charge in [0.25, 0.3) is 11.8 Å². The van der Waals surface area contributed by atoms with E-state index in [9.17, 15) is 9.59 Å². The van der Waals surface area contributed by atoms with E-state index in [1.165, 1.54) is 12.3 Å². The zero-order chi connectivity index (χ0) is 16.9. The normalized spacial score (nSPS) is 15.3. The largest absolute Gasteiger partial charge is 0.467 e. The Morgan fingerprint density at radius 2 is 2.04 bits per heavy atom. The predicted molar refractivity (Wildman–Crippen MR) is 87.5 cm³/mol. The van der Waals surface area contributed by atoms with E-state index in [1.54, 1.807) is 29.4 Å². The minimum absolute atomic E-state index is 0.0643. The Morgan fingerprint density at radius 3 is 2.75 bits per heavy atom. The van der Waals surface area contributed by atoms with Crippen LogP contribution in [0.1, 0.15) is 26.6 Å². The maximum absolute atomic E-state index is 12.6. The highest BCUT2D eigenvalue weighted by atomic mass is 16.3. The molecule has 1 fully saturated rings. The van der Waals surface area contributed by atoms with Crippen LogP contribution in [-0.4, -0.2) is 59.8 Å². The molecule has 0 saturated carbocycles. The summed E-state index contributed by atoms with van der Waals surface area (Å²) in [6.07, 6.45) is 3.04. The van der Waals surface area contributed by atoms with Gasteiger partial charge in [-0.2, -0.15) is 0 Å². The monoisotopic (exact) mass is 328 g/mol. The third-order valence-electron chi connectivity index (χ3n) is 4.03. The van der Waals surface area contributed by atoms with Gasteiger partial charge in [-0.1, -0.05) is 0 Å². The number of pyridine rings is 1. The number of nitrogens with zero attached hydrogens (tertiary/aromatic N) is 3. The van der Waals surface area contributed by atoms with E-state index in [0.717, 1.165) is 13.1 Å². The highest BCUT2D eigenvalue weighted by Gasteiger charge is 2.21. The lowest BCUT2D eigenvalue weighted by atomic mass is 10.1. The smallest absolute Gasteiger partial charge is 0.270 e. The SMILES string of the molecule is CN1CCN(C(=O)c2ccnc(C(=O)NCc3ccco3)c2)CC1. The number of rotatable bonds is 4. The molecule has 0 bridgehead atoms. The van der Waals surface area contributed by atoms with Crippen LogP contribution in [0, 0.1) is 0 Å². The van der Waals surface area contributed by atoms with E-state index in [2.05, 4.69) is 15.2 Å². The van der Waals surface area contributed by atoms with Crippen molar-refractivity contribution < 1.29 is 14.0 Å². The first-order valence-corrected chi connectivity index (χ1v) is 7.88. The molecule has 0 radical (unpaired) electrons. The number of hydrogen-bond acceptors (Lipinski definition) is 5. The fraction of sp³-hybridized carbons (Fsp3) is 0.353. The van der Waals surface area contributed by atoms with Crippen LogP contribution in [0.3, 0.4) is 0 Å². The summed E-state index contributed by atoms with van der Waals surface area (Å²) in [5, 5.41) is 2.73. The third-order valence-corrected chi connectivity index (χ3v) is 4.03. The molecule has 1 N–H and O–H groups in total. The zero-order valence-corrected chi connectivity index (χ0v) is 13.6. The maximum atomic E-state index is 12.6. The fourth-order valence-electron chi connectivity index (χ4n) is 2.55. The van der Waals surface area contributed by atoms with Gasteiger partial charge in [0.05, 0.1) is 12.8 Å². The molecule has 2 aromatic rings. The molecule has 0 aliphatic carbocycles. The van der Waals surface area contributed by atoms with E-state index in [4.69, 9.17) is 4.42 Å². The summed E-state index contributed by atoms with van der Waals surface area (Å²) in [6, 6.07) is 6.72. The lowest BCUT2D eigenvalue weighted by molar-refractivity contribution is 0.0664. The molecule has 2 aromatic heterocycles. The molecule has 1 aliphatic heterocycles. The number of carbonyl (C=O) groups is 2. The van der Waals surface area contributed by atoms with Crippen LogP contribution in [0.15, 0.2) is 41.1 Å². The fourth-order valence-corrected chi connectivity index (χ4v) is 2.55. The van der Waals surface area contributed by atoms with Crippen molar-refractivity contribution in [1.82, 2.24) is 20.1 Å². The molecular weight excluding hydrogens is 308 g/mol. The van der Waals surface area contributed by atoms with Crippen molar-refractivity contribution in [2.75, 3.05) is 33.2 Å². The minimum atomic E-state index is -0.334. The Labute approximate surface area is 140 Å². The van der Waals surface area contributed by atoms with Crippen molar-refractivity contribution in [3.63, 3.8) is 0 Å². The van der Waals surface area contributed by atoms with Gasteiger partial charge >= 0.3 is 0 Å². The molecule has 126 valence electrons. The van der Waals surface area contributed by atoms with Crippen molar-refractivity contribution in [3.05, 3.63) is 53.7 Å². The molecule has 1 aliphatic rings. The number of amides is 2. The average Bonchev–Trinajstić information content (AvgIpc) is 3.13. The van der Waals surface area contributed by atoms with Crippen LogP contribution in [0.5, 0.6) is 0 Å². The van der Waals surface area contributed by atoms with E-state index in [1.807, 2.05) is 7.05 Å². The second kappa shape index (κ2) is 7.27. The highest BCUT2D eigenvalue weighted by Crippen LogP contribution is 2.09. The first-order valence-electron chi connectivity index (χ1n) is 7.88. The van der Waals surface area contributed by atoms with Crippen LogP contribution >= 0.6 is 0 Å². The van der Waals surface area contributed by atoms with Gasteiger partial charge in [-0.25, -0.2) is 0 Å². The van der Waals surface area contributed by atoms with Gasteiger partial charge in [0.15, 0.2) is 0 Å².